The number of rotatable bonds is 3. The average molecular weight is 206 g/mol. The quantitative estimate of drug-likeness (QED) is 0.766. The molecule has 3 N–H and O–H groups in total. The van der Waals surface area contributed by atoms with E-state index in [2.05, 4.69) is 17.0 Å². The van der Waals surface area contributed by atoms with E-state index in [-0.39, 0.29) is 6.10 Å². The van der Waals surface area contributed by atoms with Gasteiger partial charge in [0, 0.05) is 26.2 Å². The summed E-state index contributed by atoms with van der Waals surface area (Å²) >= 11 is 0. The lowest BCUT2D eigenvalue weighted by Crippen LogP contribution is -2.21. The fraction of sp³-hybridized carbons (Fsp3) is 0.500. The summed E-state index contributed by atoms with van der Waals surface area (Å²) < 4.78 is 0. The highest BCUT2D eigenvalue weighted by atomic mass is 16.3. The smallest absolute Gasteiger partial charge is 0.0679 e. The molecule has 3 heteroatoms. The molecule has 0 aromatic heterocycles. The van der Waals surface area contributed by atoms with Gasteiger partial charge in [0.1, 0.15) is 0 Å². The van der Waals surface area contributed by atoms with Gasteiger partial charge in [-0.05, 0) is 17.5 Å². The molecule has 1 aromatic rings. The van der Waals surface area contributed by atoms with E-state index in [4.69, 9.17) is 5.73 Å². The van der Waals surface area contributed by atoms with Gasteiger partial charge in [-0.1, -0.05) is 24.3 Å². The van der Waals surface area contributed by atoms with Crippen molar-refractivity contribution in [2.45, 2.75) is 25.6 Å². The molecule has 1 atom stereocenters. The molecule has 1 heterocycles. The van der Waals surface area contributed by atoms with Crippen LogP contribution in [-0.2, 0) is 13.1 Å². The zero-order chi connectivity index (χ0) is 10.7. The van der Waals surface area contributed by atoms with Crippen molar-refractivity contribution in [3.63, 3.8) is 0 Å². The molecule has 1 aromatic carbocycles. The molecule has 0 aliphatic carbocycles. The summed E-state index contributed by atoms with van der Waals surface area (Å²) in [6, 6.07) is 8.35. The van der Waals surface area contributed by atoms with Crippen molar-refractivity contribution in [2.24, 2.45) is 5.73 Å². The summed E-state index contributed by atoms with van der Waals surface area (Å²) in [5, 5.41) is 9.42. The molecule has 1 saturated heterocycles. The molecule has 0 saturated carbocycles. The van der Waals surface area contributed by atoms with Crippen molar-refractivity contribution in [3.05, 3.63) is 35.4 Å². The fourth-order valence-electron chi connectivity index (χ4n) is 2.07. The normalized spacial score (nSPS) is 22.1. The van der Waals surface area contributed by atoms with Gasteiger partial charge in [0.25, 0.3) is 0 Å². The first-order chi connectivity index (χ1) is 7.28. The molecule has 0 spiro atoms. The van der Waals surface area contributed by atoms with Crippen molar-refractivity contribution < 1.29 is 5.11 Å². The second-order valence-electron chi connectivity index (χ2n) is 4.20. The SMILES string of the molecule is NCc1cccc(CN2CCC(O)C2)c1. The van der Waals surface area contributed by atoms with Crippen LogP contribution in [-0.4, -0.2) is 29.2 Å². The van der Waals surface area contributed by atoms with E-state index in [0.29, 0.717) is 6.54 Å². The third-order valence-corrected chi connectivity index (χ3v) is 2.88. The third kappa shape index (κ3) is 2.78. The Balaban J connectivity index is 1.98. The van der Waals surface area contributed by atoms with Gasteiger partial charge in [-0.2, -0.15) is 0 Å². The topological polar surface area (TPSA) is 49.5 Å². The average Bonchev–Trinajstić information content (AvgIpc) is 2.64. The van der Waals surface area contributed by atoms with Gasteiger partial charge in [0.05, 0.1) is 6.10 Å². The minimum absolute atomic E-state index is 0.136. The van der Waals surface area contributed by atoms with Crippen molar-refractivity contribution >= 4 is 0 Å². The van der Waals surface area contributed by atoms with Crippen LogP contribution in [0, 0.1) is 0 Å². The Morgan fingerprint density at radius 3 is 2.87 bits per heavy atom. The lowest BCUT2D eigenvalue weighted by atomic mass is 10.1. The maximum absolute atomic E-state index is 9.42. The van der Waals surface area contributed by atoms with Crippen molar-refractivity contribution in [2.75, 3.05) is 13.1 Å². The van der Waals surface area contributed by atoms with E-state index in [9.17, 15) is 5.11 Å². The van der Waals surface area contributed by atoms with E-state index in [1.54, 1.807) is 0 Å². The number of nitrogens with two attached hydrogens (primary N) is 1. The van der Waals surface area contributed by atoms with Crippen LogP contribution < -0.4 is 5.73 Å². The number of aliphatic hydroxyl groups excluding tert-OH is 1. The van der Waals surface area contributed by atoms with Gasteiger partial charge < -0.3 is 10.8 Å². The first-order valence-corrected chi connectivity index (χ1v) is 5.46. The van der Waals surface area contributed by atoms with E-state index < -0.39 is 0 Å². The molecule has 1 aliphatic rings. The van der Waals surface area contributed by atoms with Crippen LogP contribution in [0.1, 0.15) is 17.5 Å². The molecule has 0 amide bonds. The summed E-state index contributed by atoms with van der Waals surface area (Å²) in [5.74, 6) is 0. The zero-order valence-electron chi connectivity index (χ0n) is 8.89. The lowest BCUT2D eigenvalue weighted by molar-refractivity contribution is 0.175. The highest BCUT2D eigenvalue weighted by Crippen LogP contribution is 2.14. The number of likely N-dealkylation sites (tertiary alicyclic amines) is 1. The highest BCUT2D eigenvalue weighted by molar-refractivity contribution is 5.23. The minimum atomic E-state index is -0.136. The van der Waals surface area contributed by atoms with Crippen LogP contribution >= 0.6 is 0 Å². The van der Waals surface area contributed by atoms with E-state index >= 15 is 0 Å². The molecule has 0 bridgehead atoms. The summed E-state index contributed by atoms with van der Waals surface area (Å²) in [6.07, 6.45) is 0.763. The first-order valence-electron chi connectivity index (χ1n) is 5.46. The van der Waals surface area contributed by atoms with Crippen LogP contribution in [0.15, 0.2) is 24.3 Å². The van der Waals surface area contributed by atoms with E-state index in [1.165, 1.54) is 11.1 Å². The predicted octanol–water partition coefficient (Wildman–Crippen LogP) is 0.712. The standard InChI is InChI=1S/C12H18N2O/c13-7-10-2-1-3-11(6-10)8-14-5-4-12(15)9-14/h1-3,6,12,15H,4-5,7-9,13H2. The van der Waals surface area contributed by atoms with Gasteiger partial charge >= 0.3 is 0 Å². The number of hydrogen-bond donors (Lipinski definition) is 2. The van der Waals surface area contributed by atoms with E-state index in [1.807, 2.05) is 12.1 Å². The predicted molar refractivity (Wildman–Crippen MR) is 60.2 cm³/mol. The van der Waals surface area contributed by atoms with Gasteiger partial charge in [0.2, 0.25) is 0 Å². The van der Waals surface area contributed by atoms with Crippen LogP contribution in [0.2, 0.25) is 0 Å². The molecule has 3 nitrogen and oxygen atoms in total. The lowest BCUT2D eigenvalue weighted by Gasteiger charge is -2.15. The molecule has 1 fully saturated rings. The zero-order valence-corrected chi connectivity index (χ0v) is 8.89. The molecule has 0 radical (unpaired) electrons. The molecule has 1 aliphatic heterocycles. The Bertz CT molecular complexity index is 327. The molecular weight excluding hydrogens is 188 g/mol. The second kappa shape index (κ2) is 4.75. The minimum Gasteiger partial charge on any atom is -0.392 e. The summed E-state index contributed by atoms with van der Waals surface area (Å²) in [6.45, 7) is 3.31. The van der Waals surface area contributed by atoms with Gasteiger partial charge in [-0.15, -0.1) is 0 Å². The number of hydrogen-bond acceptors (Lipinski definition) is 3. The molecule has 15 heavy (non-hydrogen) atoms. The number of aliphatic hydroxyl groups is 1. The van der Waals surface area contributed by atoms with Crippen LogP contribution in [0.5, 0.6) is 0 Å². The Morgan fingerprint density at radius 2 is 2.20 bits per heavy atom. The summed E-state index contributed by atoms with van der Waals surface area (Å²) in [7, 11) is 0. The van der Waals surface area contributed by atoms with Gasteiger partial charge in [0.15, 0.2) is 0 Å². The third-order valence-electron chi connectivity index (χ3n) is 2.88. The van der Waals surface area contributed by atoms with Crippen LogP contribution in [0.3, 0.4) is 0 Å². The maximum atomic E-state index is 9.42. The van der Waals surface area contributed by atoms with Crippen LogP contribution in [0.25, 0.3) is 0 Å². The first kappa shape index (κ1) is 10.6. The van der Waals surface area contributed by atoms with Crippen molar-refractivity contribution in [3.8, 4) is 0 Å². The highest BCUT2D eigenvalue weighted by Gasteiger charge is 2.19. The molecule has 1 unspecified atom stereocenters. The molecular formula is C12H18N2O. The van der Waals surface area contributed by atoms with Crippen molar-refractivity contribution in [1.82, 2.24) is 4.90 Å². The fourth-order valence-corrected chi connectivity index (χ4v) is 2.07. The summed E-state index contributed by atoms with van der Waals surface area (Å²) in [5.41, 5.74) is 8.05. The van der Waals surface area contributed by atoms with Crippen molar-refractivity contribution in [1.29, 1.82) is 0 Å². The molecule has 2 rings (SSSR count). The Labute approximate surface area is 90.5 Å². The number of β-amino-alcohol motifs (C(OH)–C–C–N with tert-alkyl or cyclic N) is 1. The molecule has 82 valence electrons. The number of nitrogens with zero attached hydrogens (tertiary/aromatic N) is 1. The van der Waals surface area contributed by atoms with E-state index in [0.717, 1.165) is 26.1 Å². The number of benzene rings is 1. The Hall–Kier alpha value is -0.900. The van der Waals surface area contributed by atoms with Gasteiger partial charge in [-0.3, -0.25) is 4.90 Å². The maximum Gasteiger partial charge on any atom is 0.0679 e. The van der Waals surface area contributed by atoms with Gasteiger partial charge in [-0.25, -0.2) is 0 Å². The monoisotopic (exact) mass is 206 g/mol. The summed E-state index contributed by atoms with van der Waals surface area (Å²) in [4.78, 5) is 2.28. The largest absolute Gasteiger partial charge is 0.392 e. The second-order valence-corrected chi connectivity index (χ2v) is 4.20. The Kier molecular flexibility index (Phi) is 3.36. The van der Waals surface area contributed by atoms with Crippen LogP contribution in [0.4, 0.5) is 0 Å². The Morgan fingerprint density at radius 1 is 1.40 bits per heavy atom.